The molecule has 2 atom stereocenters. The first kappa shape index (κ1) is 16.0. The zero-order chi connectivity index (χ0) is 14.4. The molecule has 0 aromatic heterocycles. The van der Waals surface area contributed by atoms with Crippen LogP contribution in [-0.4, -0.2) is 42.4 Å². The fraction of sp³-hybridized carbons (Fsp3) is 0.857. The van der Waals surface area contributed by atoms with E-state index >= 15 is 0 Å². The van der Waals surface area contributed by atoms with Crippen LogP contribution >= 0.6 is 0 Å². The summed E-state index contributed by atoms with van der Waals surface area (Å²) in [5, 5.41) is 2.81. The van der Waals surface area contributed by atoms with Gasteiger partial charge in [-0.1, -0.05) is 20.8 Å². The van der Waals surface area contributed by atoms with E-state index in [1.807, 2.05) is 6.92 Å². The lowest BCUT2D eigenvalue weighted by molar-refractivity contribution is -0.144. The highest BCUT2D eigenvalue weighted by molar-refractivity contribution is 5.88. The van der Waals surface area contributed by atoms with Gasteiger partial charge in [-0.2, -0.15) is 0 Å². The molecule has 1 saturated heterocycles. The number of hydrogen-bond donors (Lipinski definition) is 2. The second-order valence-electron chi connectivity index (χ2n) is 5.74. The number of hydrogen-bond acceptors (Lipinski definition) is 3. The van der Waals surface area contributed by atoms with E-state index in [0.717, 1.165) is 6.42 Å². The monoisotopic (exact) mass is 269 g/mol. The van der Waals surface area contributed by atoms with Gasteiger partial charge in [0.2, 0.25) is 11.8 Å². The topological polar surface area (TPSA) is 75.4 Å². The molecular formula is C14H27N3O2. The van der Waals surface area contributed by atoms with E-state index in [2.05, 4.69) is 19.2 Å². The molecule has 0 saturated carbocycles. The number of piperazine rings is 1. The van der Waals surface area contributed by atoms with Crippen molar-refractivity contribution in [3.8, 4) is 0 Å². The van der Waals surface area contributed by atoms with Crippen LogP contribution in [0.3, 0.4) is 0 Å². The minimum absolute atomic E-state index is 0.0322. The summed E-state index contributed by atoms with van der Waals surface area (Å²) in [6.45, 7) is 7.90. The van der Waals surface area contributed by atoms with Crippen LogP contribution in [0.2, 0.25) is 0 Å². The SMILES string of the molecule is CCC1C(=O)NCCN1C(=O)C[C@@H](CN)CC(C)C. The lowest BCUT2D eigenvalue weighted by atomic mass is 9.93. The zero-order valence-electron chi connectivity index (χ0n) is 12.3. The Kier molecular flexibility index (Phi) is 6.28. The number of rotatable bonds is 6. The van der Waals surface area contributed by atoms with Crippen molar-refractivity contribution < 1.29 is 9.59 Å². The quantitative estimate of drug-likeness (QED) is 0.746. The second kappa shape index (κ2) is 7.48. The summed E-state index contributed by atoms with van der Waals surface area (Å²) in [4.78, 5) is 25.8. The molecule has 5 heteroatoms. The minimum Gasteiger partial charge on any atom is -0.353 e. The molecule has 5 nitrogen and oxygen atoms in total. The van der Waals surface area contributed by atoms with Gasteiger partial charge in [0, 0.05) is 19.5 Å². The van der Waals surface area contributed by atoms with Crippen LogP contribution in [0.4, 0.5) is 0 Å². The first-order chi connectivity index (χ1) is 8.99. The lowest BCUT2D eigenvalue weighted by Gasteiger charge is -2.35. The van der Waals surface area contributed by atoms with Gasteiger partial charge in [0.1, 0.15) is 6.04 Å². The van der Waals surface area contributed by atoms with E-state index in [1.54, 1.807) is 4.90 Å². The highest BCUT2D eigenvalue weighted by Gasteiger charge is 2.32. The van der Waals surface area contributed by atoms with Gasteiger partial charge in [-0.15, -0.1) is 0 Å². The third-order valence-electron chi connectivity index (χ3n) is 3.64. The number of carbonyl (C=O) groups is 2. The first-order valence-corrected chi connectivity index (χ1v) is 7.26. The Morgan fingerprint density at radius 3 is 2.74 bits per heavy atom. The Morgan fingerprint density at radius 1 is 1.53 bits per heavy atom. The Labute approximate surface area is 115 Å². The number of nitrogens with zero attached hydrogens (tertiary/aromatic N) is 1. The van der Waals surface area contributed by atoms with Gasteiger partial charge in [0.25, 0.3) is 0 Å². The van der Waals surface area contributed by atoms with Crippen molar-refractivity contribution in [2.24, 2.45) is 17.6 Å². The van der Waals surface area contributed by atoms with E-state index < -0.39 is 0 Å². The maximum absolute atomic E-state index is 12.4. The highest BCUT2D eigenvalue weighted by Crippen LogP contribution is 2.18. The summed E-state index contributed by atoms with van der Waals surface area (Å²) in [6, 6.07) is -0.307. The average molecular weight is 269 g/mol. The number of nitrogens with one attached hydrogen (secondary N) is 1. The fourth-order valence-electron chi connectivity index (χ4n) is 2.71. The largest absolute Gasteiger partial charge is 0.353 e. The molecule has 19 heavy (non-hydrogen) atoms. The minimum atomic E-state index is -0.307. The predicted octanol–water partition coefficient (Wildman–Crippen LogP) is 0.735. The van der Waals surface area contributed by atoms with Crippen molar-refractivity contribution in [1.82, 2.24) is 10.2 Å². The third-order valence-corrected chi connectivity index (χ3v) is 3.64. The Hall–Kier alpha value is -1.10. The number of carbonyl (C=O) groups excluding carboxylic acids is 2. The molecule has 0 radical (unpaired) electrons. The summed E-state index contributed by atoms with van der Waals surface area (Å²) in [5.74, 6) is 0.788. The summed E-state index contributed by atoms with van der Waals surface area (Å²) in [5.41, 5.74) is 5.74. The molecule has 0 aliphatic carbocycles. The molecule has 0 aromatic rings. The van der Waals surface area contributed by atoms with Crippen LogP contribution in [0, 0.1) is 11.8 Å². The van der Waals surface area contributed by atoms with E-state index in [0.29, 0.717) is 38.4 Å². The third kappa shape index (κ3) is 4.49. The van der Waals surface area contributed by atoms with Gasteiger partial charge < -0.3 is 16.0 Å². The van der Waals surface area contributed by atoms with Crippen molar-refractivity contribution >= 4 is 11.8 Å². The van der Waals surface area contributed by atoms with E-state index in [9.17, 15) is 9.59 Å². The molecule has 2 amide bonds. The molecule has 3 N–H and O–H groups in total. The average Bonchev–Trinajstić information content (AvgIpc) is 2.36. The first-order valence-electron chi connectivity index (χ1n) is 7.26. The predicted molar refractivity (Wildman–Crippen MR) is 75.4 cm³/mol. The molecule has 1 aliphatic heterocycles. The van der Waals surface area contributed by atoms with Crippen molar-refractivity contribution in [2.45, 2.75) is 46.1 Å². The molecule has 1 rings (SSSR count). The van der Waals surface area contributed by atoms with Crippen LogP contribution in [0.1, 0.15) is 40.0 Å². The Morgan fingerprint density at radius 2 is 2.21 bits per heavy atom. The normalized spacial score (nSPS) is 21.4. The molecule has 1 heterocycles. The van der Waals surface area contributed by atoms with Gasteiger partial charge in [-0.25, -0.2) is 0 Å². The Bertz CT molecular complexity index is 318. The summed E-state index contributed by atoms with van der Waals surface area (Å²) in [6.07, 6.45) is 2.08. The van der Waals surface area contributed by atoms with Gasteiger partial charge in [-0.3, -0.25) is 9.59 Å². The maximum atomic E-state index is 12.4. The van der Waals surface area contributed by atoms with E-state index in [-0.39, 0.29) is 23.8 Å². The molecule has 0 spiro atoms. The van der Waals surface area contributed by atoms with Crippen molar-refractivity contribution in [2.75, 3.05) is 19.6 Å². The van der Waals surface area contributed by atoms with Gasteiger partial charge in [0.15, 0.2) is 0 Å². The van der Waals surface area contributed by atoms with Crippen LogP contribution in [0.25, 0.3) is 0 Å². The molecule has 1 aliphatic rings. The van der Waals surface area contributed by atoms with Crippen molar-refractivity contribution in [3.63, 3.8) is 0 Å². The standard InChI is InChI=1S/C14H27N3O2/c1-4-12-14(19)16-5-6-17(12)13(18)8-11(9-15)7-10(2)3/h10-12H,4-9,15H2,1-3H3,(H,16,19)/t11-,12?/m0/s1. The van der Waals surface area contributed by atoms with Crippen LogP contribution < -0.4 is 11.1 Å². The smallest absolute Gasteiger partial charge is 0.242 e. The maximum Gasteiger partial charge on any atom is 0.242 e. The van der Waals surface area contributed by atoms with Crippen molar-refractivity contribution in [1.29, 1.82) is 0 Å². The van der Waals surface area contributed by atoms with Gasteiger partial charge in [-0.05, 0) is 31.2 Å². The summed E-state index contributed by atoms with van der Waals surface area (Å²) < 4.78 is 0. The molecule has 1 unspecified atom stereocenters. The van der Waals surface area contributed by atoms with Crippen LogP contribution in [-0.2, 0) is 9.59 Å². The second-order valence-corrected chi connectivity index (χ2v) is 5.74. The zero-order valence-corrected chi connectivity index (χ0v) is 12.3. The van der Waals surface area contributed by atoms with Gasteiger partial charge in [0.05, 0.1) is 0 Å². The lowest BCUT2D eigenvalue weighted by Crippen LogP contribution is -2.57. The number of nitrogens with two attached hydrogens (primary N) is 1. The molecule has 0 bridgehead atoms. The molecule has 110 valence electrons. The summed E-state index contributed by atoms with van der Waals surface area (Å²) >= 11 is 0. The highest BCUT2D eigenvalue weighted by atomic mass is 16.2. The van der Waals surface area contributed by atoms with Crippen molar-refractivity contribution in [3.05, 3.63) is 0 Å². The number of amides is 2. The molecular weight excluding hydrogens is 242 g/mol. The molecule has 0 aromatic carbocycles. The van der Waals surface area contributed by atoms with E-state index in [4.69, 9.17) is 5.73 Å². The van der Waals surface area contributed by atoms with E-state index in [1.165, 1.54) is 0 Å². The fourth-order valence-corrected chi connectivity index (χ4v) is 2.71. The van der Waals surface area contributed by atoms with Crippen LogP contribution in [0.15, 0.2) is 0 Å². The Balaban J connectivity index is 2.62. The van der Waals surface area contributed by atoms with Gasteiger partial charge >= 0.3 is 0 Å². The molecule has 1 fully saturated rings. The summed E-state index contributed by atoms with van der Waals surface area (Å²) in [7, 11) is 0. The van der Waals surface area contributed by atoms with Crippen LogP contribution in [0.5, 0.6) is 0 Å².